The van der Waals surface area contributed by atoms with Crippen LogP contribution in [0.25, 0.3) is 22.6 Å². The summed E-state index contributed by atoms with van der Waals surface area (Å²) in [6.07, 6.45) is 0. The molecule has 0 amide bonds. The lowest BCUT2D eigenvalue weighted by Gasteiger charge is -2.04. The molecule has 2 aromatic carbocycles. The van der Waals surface area contributed by atoms with Gasteiger partial charge in [0.2, 0.25) is 0 Å². The van der Waals surface area contributed by atoms with Gasteiger partial charge in [-0.15, -0.1) is 0 Å². The van der Waals surface area contributed by atoms with Crippen LogP contribution in [0.1, 0.15) is 5.69 Å². The zero-order valence-corrected chi connectivity index (χ0v) is 13.6. The average Bonchev–Trinajstić information content (AvgIpc) is 2.90. The molecule has 3 aromatic rings. The Hall–Kier alpha value is -2.13. The predicted molar refractivity (Wildman–Crippen MR) is 91.3 cm³/mol. The molecule has 0 aliphatic carbocycles. The molecule has 0 unspecified atom stereocenters. The van der Waals surface area contributed by atoms with Crippen molar-refractivity contribution in [3.63, 3.8) is 0 Å². The fourth-order valence-electron chi connectivity index (χ4n) is 2.44. The third kappa shape index (κ3) is 2.83. The molecule has 0 aliphatic heterocycles. The maximum absolute atomic E-state index is 4.78. The number of hydrogen-bond donors (Lipinski definition) is 1. The molecule has 0 fully saturated rings. The first kappa shape index (κ1) is 13.8. The van der Waals surface area contributed by atoms with Crippen molar-refractivity contribution in [2.75, 3.05) is 0 Å². The highest BCUT2D eigenvalue weighted by atomic mass is 28.3. The molecule has 1 heterocycles. The van der Waals surface area contributed by atoms with E-state index in [1.54, 1.807) is 0 Å². The lowest BCUT2D eigenvalue weighted by molar-refractivity contribution is 1.26. The molecule has 21 heavy (non-hydrogen) atoms. The van der Waals surface area contributed by atoms with Crippen LogP contribution in [0, 0.1) is 6.92 Å². The van der Waals surface area contributed by atoms with Crippen molar-refractivity contribution in [3.8, 4) is 22.6 Å². The Morgan fingerprint density at radius 3 is 2.14 bits per heavy atom. The van der Waals surface area contributed by atoms with E-state index in [4.69, 9.17) is 4.98 Å². The first-order chi connectivity index (χ1) is 10.1. The number of aromatic nitrogens is 2. The van der Waals surface area contributed by atoms with E-state index in [9.17, 15) is 0 Å². The van der Waals surface area contributed by atoms with Crippen LogP contribution in [-0.2, 0) is 0 Å². The molecular weight excluding hydrogens is 272 g/mol. The number of nitrogens with one attached hydrogen (secondary N) is 1. The quantitative estimate of drug-likeness (QED) is 0.726. The number of nitrogens with zero attached hydrogens (tertiary/aromatic N) is 1. The van der Waals surface area contributed by atoms with Crippen LogP contribution in [0.3, 0.4) is 0 Å². The summed E-state index contributed by atoms with van der Waals surface area (Å²) >= 11 is 0. The van der Waals surface area contributed by atoms with Crippen molar-refractivity contribution in [2.45, 2.75) is 20.0 Å². The highest BCUT2D eigenvalue weighted by molar-refractivity contribution is 6.70. The number of benzene rings is 2. The summed E-state index contributed by atoms with van der Waals surface area (Å²) in [4.78, 5) is 8.18. The molecule has 1 aromatic heterocycles. The fraction of sp³-hybridized carbons (Fsp3) is 0.167. The Morgan fingerprint density at radius 1 is 0.857 bits per heavy atom. The van der Waals surface area contributed by atoms with E-state index in [-0.39, 0.29) is 8.80 Å². The molecular formula is C18H19N2Si. The highest BCUT2D eigenvalue weighted by Gasteiger charge is 2.10. The first-order valence-corrected chi connectivity index (χ1v) is 9.68. The molecule has 0 spiro atoms. The maximum Gasteiger partial charge on any atom is 0.138 e. The molecule has 1 N–H and O–H groups in total. The van der Waals surface area contributed by atoms with Gasteiger partial charge in [-0.3, -0.25) is 0 Å². The Kier molecular flexibility index (Phi) is 3.75. The van der Waals surface area contributed by atoms with Gasteiger partial charge in [-0.2, -0.15) is 0 Å². The largest absolute Gasteiger partial charge is 0.342 e. The SMILES string of the molecule is Cc1[nH]c(-c2ccc([Si](C)C)cc2)nc1-c1ccccc1. The minimum atomic E-state index is -0.386. The van der Waals surface area contributed by atoms with Crippen molar-refractivity contribution >= 4 is 14.0 Å². The van der Waals surface area contributed by atoms with E-state index in [0.717, 1.165) is 28.3 Å². The van der Waals surface area contributed by atoms with Crippen molar-refractivity contribution in [1.29, 1.82) is 0 Å². The summed E-state index contributed by atoms with van der Waals surface area (Å²) in [6, 6.07) is 19.1. The third-order valence-corrected chi connectivity index (χ3v) is 5.16. The topological polar surface area (TPSA) is 28.7 Å². The minimum Gasteiger partial charge on any atom is -0.342 e. The molecule has 3 rings (SSSR count). The summed E-state index contributed by atoms with van der Waals surface area (Å²) < 4.78 is 0. The average molecular weight is 291 g/mol. The maximum atomic E-state index is 4.78. The second-order valence-corrected chi connectivity index (χ2v) is 8.08. The second kappa shape index (κ2) is 5.70. The number of H-pyrrole nitrogens is 1. The summed E-state index contributed by atoms with van der Waals surface area (Å²) in [7, 11) is -0.386. The van der Waals surface area contributed by atoms with Gasteiger partial charge in [-0.1, -0.05) is 72.9 Å². The number of aromatic amines is 1. The fourth-order valence-corrected chi connectivity index (χ4v) is 3.27. The Balaban J connectivity index is 1.97. The normalized spacial score (nSPS) is 11.0. The predicted octanol–water partition coefficient (Wildman–Crippen LogP) is 4.01. The zero-order valence-electron chi connectivity index (χ0n) is 12.6. The van der Waals surface area contributed by atoms with E-state index in [0.29, 0.717) is 0 Å². The number of rotatable bonds is 3. The summed E-state index contributed by atoms with van der Waals surface area (Å²) in [5.41, 5.74) is 4.44. The molecule has 0 aliphatic rings. The number of hydrogen-bond acceptors (Lipinski definition) is 1. The van der Waals surface area contributed by atoms with Gasteiger partial charge >= 0.3 is 0 Å². The third-order valence-electron chi connectivity index (χ3n) is 3.67. The molecule has 2 nitrogen and oxygen atoms in total. The molecule has 0 atom stereocenters. The van der Waals surface area contributed by atoms with Crippen molar-refractivity contribution in [1.82, 2.24) is 9.97 Å². The summed E-state index contributed by atoms with van der Waals surface area (Å²) in [6.45, 7) is 6.70. The first-order valence-electron chi connectivity index (χ1n) is 7.18. The van der Waals surface area contributed by atoms with Gasteiger partial charge in [0, 0.05) is 16.8 Å². The van der Waals surface area contributed by atoms with Crippen LogP contribution in [-0.4, -0.2) is 18.8 Å². The summed E-state index contributed by atoms with van der Waals surface area (Å²) in [5.74, 6) is 0.943. The summed E-state index contributed by atoms with van der Waals surface area (Å²) in [5, 5.41) is 1.45. The molecule has 0 saturated carbocycles. The zero-order chi connectivity index (χ0) is 14.8. The molecule has 0 bridgehead atoms. The van der Waals surface area contributed by atoms with Gasteiger partial charge in [-0.25, -0.2) is 4.98 Å². The smallest absolute Gasteiger partial charge is 0.138 e. The van der Waals surface area contributed by atoms with Crippen molar-refractivity contribution < 1.29 is 0 Å². The van der Waals surface area contributed by atoms with Gasteiger partial charge in [0.1, 0.15) is 5.82 Å². The highest BCUT2D eigenvalue weighted by Crippen LogP contribution is 2.25. The Bertz CT molecular complexity index is 728. The standard InChI is InChI=1S/C18H19N2Si/c1-13-17(14-7-5-4-6-8-14)20-18(19-13)15-9-11-16(12-10-15)21(2)3/h4-12H,1-3H3,(H,19,20). The molecule has 1 radical (unpaired) electrons. The van der Waals surface area contributed by atoms with E-state index >= 15 is 0 Å². The second-order valence-electron chi connectivity index (χ2n) is 5.50. The molecule has 3 heteroatoms. The molecule has 105 valence electrons. The van der Waals surface area contributed by atoms with Crippen LogP contribution in [0.2, 0.25) is 13.1 Å². The van der Waals surface area contributed by atoms with Crippen molar-refractivity contribution in [3.05, 3.63) is 60.3 Å². The Labute approximate surface area is 127 Å². The van der Waals surface area contributed by atoms with E-state index in [1.807, 2.05) is 18.2 Å². The van der Waals surface area contributed by atoms with Crippen LogP contribution >= 0.6 is 0 Å². The monoisotopic (exact) mass is 291 g/mol. The van der Waals surface area contributed by atoms with Gasteiger partial charge in [0.15, 0.2) is 0 Å². The van der Waals surface area contributed by atoms with Crippen LogP contribution in [0.15, 0.2) is 54.6 Å². The van der Waals surface area contributed by atoms with Crippen LogP contribution in [0.5, 0.6) is 0 Å². The van der Waals surface area contributed by atoms with Crippen LogP contribution < -0.4 is 5.19 Å². The molecule has 0 saturated heterocycles. The van der Waals surface area contributed by atoms with Crippen LogP contribution in [0.4, 0.5) is 0 Å². The lowest BCUT2D eigenvalue weighted by Crippen LogP contribution is -2.21. The van der Waals surface area contributed by atoms with Gasteiger partial charge in [0.05, 0.1) is 14.5 Å². The van der Waals surface area contributed by atoms with Gasteiger partial charge in [-0.05, 0) is 6.92 Å². The van der Waals surface area contributed by atoms with Gasteiger partial charge < -0.3 is 4.98 Å². The van der Waals surface area contributed by atoms with E-state index in [2.05, 4.69) is 61.4 Å². The van der Waals surface area contributed by atoms with Gasteiger partial charge in [0.25, 0.3) is 0 Å². The Morgan fingerprint density at radius 2 is 1.52 bits per heavy atom. The number of imidazole rings is 1. The van der Waals surface area contributed by atoms with Crippen molar-refractivity contribution in [2.24, 2.45) is 0 Å². The van der Waals surface area contributed by atoms with E-state index < -0.39 is 0 Å². The van der Waals surface area contributed by atoms with E-state index in [1.165, 1.54) is 5.19 Å². The minimum absolute atomic E-state index is 0.386. The lowest BCUT2D eigenvalue weighted by atomic mass is 10.1. The number of aryl methyl sites for hydroxylation is 1.